The lowest BCUT2D eigenvalue weighted by molar-refractivity contribution is 0.0690. The molecule has 2 saturated heterocycles. The van der Waals surface area contributed by atoms with Gasteiger partial charge in [0, 0.05) is 17.8 Å². The first-order valence-electron chi connectivity index (χ1n) is 10.8. The van der Waals surface area contributed by atoms with Gasteiger partial charge in [0.1, 0.15) is 22.8 Å². The van der Waals surface area contributed by atoms with Crippen LogP contribution in [0.25, 0.3) is 22.4 Å². The van der Waals surface area contributed by atoms with E-state index in [4.69, 9.17) is 13.9 Å². The van der Waals surface area contributed by atoms with Crippen LogP contribution in [0, 0.1) is 0 Å². The summed E-state index contributed by atoms with van der Waals surface area (Å²) in [6, 6.07) is 13.3. The quantitative estimate of drug-likeness (QED) is 0.428. The number of hydrogen-bond donors (Lipinski definition) is 2. The number of aromatic nitrogens is 3. The molecule has 11 heteroatoms. The molecule has 10 nitrogen and oxygen atoms in total. The van der Waals surface area contributed by atoms with E-state index in [0.29, 0.717) is 29.5 Å². The first-order valence-corrected chi connectivity index (χ1v) is 12.3. The summed E-state index contributed by atoms with van der Waals surface area (Å²) in [7, 11) is -3.84. The average Bonchev–Trinajstić information content (AvgIpc) is 3.60. The summed E-state index contributed by atoms with van der Waals surface area (Å²) in [5.41, 5.74) is 1.08. The number of rotatable bonds is 6. The summed E-state index contributed by atoms with van der Waals surface area (Å²) in [6.07, 6.45) is 4.01. The maximum absolute atomic E-state index is 13.2. The fourth-order valence-corrected chi connectivity index (χ4v) is 5.85. The largest absolute Gasteiger partial charge is 0.463 e. The second-order valence-electron chi connectivity index (χ2n) is 8.15. The van der Waals surface area contributed by atoms with Gasteiger partial charge in [-0.15, -0.1) is 0 Å². The molecule has 34 heavy (non-hydrogen) atoms. The summed E-state index contributed by atoms with van der Waals surface area (Å²) in [5, 5.41) is 4.01. The Labute approximate surface area is 195 Å². The molecule has 2 aliphatic heterocycles. The van der Waals surface area contributed by atoms with Crippen molar-refractivity contribution in [2.75, 3.05) is 18.5 Å². The Hall–Kier alpha value is -3.38. The van der Waals surface area contributed by atoms with Gasteiger partial charge < -0.3 is 19.2 Å². The Morgan fingerprint density at radius 3 is 2.56 bits per heavy atom. The summed E-state index contributed by atoms with van der Waals surface area (Å²) in [4.78, 5) is 13.2. The van der Waals surface area contributed by atoms with Crippen molar-refractivity contribution in [2.45, 2.75) is 29.2 Å². The lowest BCUT2D eigenvalue weighted by Crippen LogP contribution is -2.44. The molecule has 3 aromatic heterocycles. The third kappa shape index (κ3) is 3.82. The van der Waals surface area contributed by atoms with Gasteiger partial charge in [-0.3, -0.25) is 4.98 Å². The van der Waals surface area contributed by atoms with Gasteiger partial charge in [0.25, 0.3) is 0 Å². The molecule has 5 heterocycles. The van der Waals surface area contributed by atoms with Crippen molar-refractivity contribution in [1.29, 1.82) is 0 Å². The number of pyridine rings is 1. The van der Waals surface area contributed by atoms with Crippen LogP contribution in [0.3, 0.4) is 0 Å². The van der Waals surface area contributed by atoms with Crippen molar-refractivity contribution in [3.8, 4) is 11.5 Å². The lowest BCUT2D eigenvalue weighted by atomic mass is 10.1. The number of hydrogen-bond acceptors (Lipinski definition) is 9. The third-order valence-electron chi connectivity index (χ3n) is 5.99. The Kier molecular flexibility index (Phi) is 5.26. The first-order chi connectivity index (χ1) is 16.6. The second-order valence-corrected chi connectivity index (χ2v) is 9.83. The summed E-state index contributed by atoms with van der Waals surface area (Å²) in [5.74, 6) is 1.05. The van der Waals surface area contributed by atoms with Crippen molar-refractivity contribution in [3.63, 3.8) is 0 Å². The van der Waals surface area contributed by atoms with E-state index in [1.807, 2.05) is 18.2 Å². The van der Waals surface area contributed by atoms with Crippen LogP contribution in [0.2, 0.25) is 0 Å². The van der Waals surface area contributed by atoms with Crippen LogP contribution in [-0.2, 0) is 19.5 Å². The number of furan rings is 1. The molecule has 0 aliphatic carbocycles. The highest BCUT2D eigenvalue weighted by Crippen LogP contribution is 2.30. The predicted octanol–water partition coefficient (Wildman–Crippen LogP) is 2.21. The Bertz CT molecular complexity index is 1420. The van der Waals surface area contributed by atoms with Crippen LogP contribution in [-0.4, -0.2) is 60.9 Å². The maximum atomic E-state index is 13.2. The molecule has 6 rings (SSSR count). The Morgan fingerprint density at radius 1 is 0.882 bits per heavy atom. The van der Waals surface area contributed by atoms with E-state index in [2.05, 4.69) is 25.0 Å². The molecule has 4 aromatic rings. The Balaban J connectivity index is 1.17. The van der Waals surface area contributed by atoms with Crippen molar-refractivity contribution < 1.29 is 22.3 Å². The van der Waals surface area contributed by atoms with Gasteiger partial charge in [-0.2, -0.15) is 0 Å². The number of sulfonamides is 1. The Morgan fingerprint density at radius 2 is 1.71 bits per heavy atom. The van der Waals surface area contributed by atoms with Gasteiger partial charge >= 0.3 is 0 Å². The highest BCUT2D eigenvalue weighted by Gasteiger charge is 2.49. The maximum Gasteiger partial charge on any atom is 0.243 e. The molecule has 0 saturated carbocycles. The lowest BCUT2D eigenvalue weighted by Gasteiger charge is -2.19. The molecule has 0 radical (unpaired) electrons. The molecular formula is C23H21N5O5S. The fraction of sp³-hybridized carbons (Fsp3) is 0.261. The molecule has 0 spiro atoms. The molecule has 0 unspecified atom stereocenters. The van der Waals surface area contributed by atoms with E-state index in [0.717, 1.165) is 5.39 Å². The van der Waals surface area contributed by atoms with E-state index in [9.17, 15) is 8.42 Å². The van der Waals surface area contributed by atoms with E-state index < -0.39 is 22.2 Å². The van der Waals surface area contributed by atoms with Gasteiger partial charge in [0.05, 0.1) is 37.1 Å². The van der Waals surface area contributed by atoms with Gasteiger partial charge in [0.15, 0.2) is 5.76 Å². The number of fused-ring (bicyclic) bond motifs is 2. The highest BCUT2D eigenvalue weighted by molar-refractivity contribution is 7.89. The summed E-state index contributed by atoms with van der Waals surface area (Å²) in [6.45, 7) is 0.524. The van der Waals surface area contributed by atoms with Crippen LogP contribution in [0.15, 0.2) is 76.5 Å². The van der Waals surface area contributed by atoms with Crippen molar-refractivity contribution in [3.05, 3.63) is 67.2 Å². The third-order valence-corrected chi connectivity index (χ3v) is 7.51. The second kappa shape index (κ2) is 8.44. The standard InChI is InChI=1S/C23H21N5O5S/c29-34(30,19-7-1-4-14-5-2-9-24-20(14)19)28-17-13-33-21-16(12-32-22(17)21)27-23-25-10-8-15(26-23)18-6-3-11-31-18/h1-11,16-17,21-22,28H,12-13H2,(H,25,26,27)/t16-,17-,21+,22+/m0/s1. The van der Waals surface area contributed by atoms with Crippen molar-refractivity contribution >= 4 is 26.9 Å². The number of benzene rings is 1. The SMILES string of the molecule is O=S(=O)(N[C@H]1CO[C@H]2[C@@H]1OC[C@@H]2Nc1nccc(-c2ccco2)n1)c1cccc2cccnc12. The van der Waals surface area contributed by atoms with Gasteiger partial charge in [-0.05, 0) is 30.3 Å². The molecule has 0 bridgehead atoms. The number of nitrogens with zero attached hydrogens (tertiary/aromatic N) is 3. The van der Waals surface area contributed by atoms with Crippen LogP contribution in [0.1, 0.15) is 0 Å². The van der Waals surface area contributed by atoms with Crippen molar-refractivity contribution in [2.24, 2.45) is 0 Å². The average molecular weight is 480 g/mol. The number of nitrogens with one attached hydrogen (secondary N) is 2. The minimum Gasteiger partial charge on any atom is -0.463 e. The highest BCUT2D eigenvalue weighted by atomic mass is 32.2. The van der Waals surface area contributed by atoms with Gasteiger partial charge in [-0.25, -0.2) is 23.1 Å². The van der Waals surface area contributed by atoms with Crippen LogP contribution < -0.4 is 10.0 Å². The van der Waals surface area contributed by atoms with Crippen LogP contribution >= 0.6 is 0 Å². The molecule has 2 fully saturated rings. The monoisotopic (exact) mass is 479 g/mol. The molecule has 2 aliphatic rings. The van der Waals surface area contributed by atoms with E-state index in [1.54, 1.807) is 49.0 Å². The smallest absolute Gasteiger partial charge is 0.243 e. The van der Waals surface area contributed by atoms with Gasteiger partial charge in [-0.1, -0.05) is 18.2 Å². The van der Waals surface area contributed by atoms with E-state index in [-0.39, 0.29) is 23.6 Å². The molecule has 174 valence electrons. The minimum atomic E-state index is -3.84. The number of anilines is 1. The summed E-state index contributed by atoms with van der Waals surface area (Å²) < 4.78 is 46.5. The zero-order valence-corrected chi connectivity index (χ0v) is 18.7. The number of para-hydroxylation sites is 1. The molecule has 4 atom stereocenters. The molecular weight excluding hydrogens is 458 g/mol. The van der Waals surface area contributed by atoms with E-state index >= 15 is 0 Å². The molecule has 0 amide bonds. The van der Waals surface area contributed by atoms with E-state index in [1.165, 1.54) is 0 Å². The zero-order valence-electron chi connectivity index (χ0n) is 17.9. The predicted molar refractivity (Wildman–Crippen MR) is 122 cm³/mol. The van der Waals surface area contributed by atoms with Crippen molar-refractivity contribution in [1.82, 2.24) is 19.7 Å². The fourth-order valence-electron chi connectivity index (χ4n) is 4.44. The molecule has 2 N–H and O–H groups in total. The van der Waals surface area contributed by atoms with Crippen LogP contribution in [0.4, 0.5) is 5.95 Å². The van der Waals surface area contributed by atoms with Crippen LogP contribution in [0.5, 0.6) is 0 Å². The minimum absolute atomic E-state index is 0.130. The normalized spacial score (nSPS) is 24.4. The summed E-state index contributed by atoms with van der Waals surface area (Å²) >= 11 is 0. The molecule has 1 aromatic carbocycles. The topological polar surface area (TPSA) is 128 Å². The van der Waals surface area contributed by atoms with Gasteiger partial charge in [0.2, 0.25) is 16.0 Å². The zero-order chi connectivity index (χ0) is 23.1. The number of ether oxygens (including phenoxy) is 2. The first kappa shape index (κ1) is 21.2.